The Bertz CT molecular complexity index is 230. The number of nitrogens with zero attached hydrogens (tertiary/aromatic N) is 1. The van der Waals surface area contributed by atoms with E-state index in [1.165, 1.54) is 14.2 Å². The van der Waals surface area contributed by atoms with E-state index in [1.807, 2.05) is 0 Å². The second kappa shape index (κ2) is 5.72. The fourth-order valence-corrected chi connectivity index (χ4v) is 0.650. The number of hydrogen-bond acceptors (Lipinski definition) is 3. The number of amides is 1. The second-order valence-corrected chi connectivity index (χ2v) is 2.58. The van der Waals surface area contributed by atoms with Gasteiger partial charge >= 0.3 is 6.18 Å². The van der Waals surface area contributed by atoms with Crippen molar-refractivity contribution in [2.24, 2.45) is 0 Å². The van der Waals surface area contributed by atoms with Crippen molar-refractivity contribution < 1.29 is 27.5 Å². The zero-order valence-electron chi connectivity index (χ0n) is 8.37. The molecule has 1 atom stereocenters. The van der Waals surface area contributed by atoms with Crippen molar-refractivity contribution in [3.63, 3.8) is 0 Å². The summed E-state index contributed by atoms with van der Waals surface area (Å²) in [6.07, 6.45) is -6.12. The molecule has 0 aliphatic carbocycles. The molecule has 0 fully saturated rings. The summed E-state index contributed by atoms with van der Waals surface area (Å²) in [4.78, 5) is 15.5. The van der Waals surface area contributed by atoms with Crippen LogP contribution in [-0.4, -0.2) is 44.0 Å². The van der Waals surface area contributed by atoms with Gasteiger partial charge < -0.3 is 4.74 Å². The van der Waals surface area contributed by atoms with E-state index >= 15 is 0 Å². The molecule has 0 saturated carbocycles. The number of rotatable bonds is 5. The molecule has 0 bridgehead atoms. The van der Waals surface area contributed by atoms with Crippen molar-refractivity contribution >= 4 is 5.91 Å². The van der Waals surface area contributed by atoms with Crippen LogP contribution >= 0.6 is 0 Å². The molecule has 0 aliphatic heterocycles. The summed E-state index contributed by atoms with van der Waals surface area (Å²) in [5.74, 6) is -0.714. The minimum atomic E-state index is -4.56. The Morgan fingerprint density at radius 3 is 2.47 bits per heavy atom. The predicted octanol–water partition coefficient (Wildman–Crippen LogP) is 1.14. The topological polar surface area (TPSA) is 38.8 Å². The van der Waals surface area contributed by atoms with E-state index in [-0.39, 0.29) is 0 Å². The molecule has 0 aliphatic rings. The van der Waals surface area contributed by atoms with Crippen LogP contribution in [0.1, 0.15) is 0 Å². The van der Waals surface area contributed by atoms with Gasteiger partial charge in [-0.3, -0.25) is 9.63 Å². The zero-order valence-corrected chi connectivity index (χ0v) is 8.37. The van der Waals surface area contributed by atoms with Crippen molar-refractivity contribution in [3.05, 3.63) is 12.7 Å². The fourth-order valence-electron chi connectivity index (χ4n) is 0.650. The Morgan fingerprint density at radius 1 is 1.60 bits per heavy atom. The van der Waals surface area contributed by atoms with Gasteiger partial charge in [0.1, 0.15) is 6.61 Å². The van der Waals surface area contributed by atoms with Crippen LogP contribution in [0.4, 0.5) is 13.2 Å². The first-order valence-electron chi connectivity index (χ1n) is 3.94. The number of halogens is 3. The number of carbonyl (C=O) groups excluding carboxylic acids is 1. The van der Waals surface area contributed by atoms with E-state index in [9.17, 15) is 18.0 Å². The molecule has 0 saturated heterocycles. The molecule has 0 N–H and O–H groups in total. The van der Waals surface area contributed by atoms with E-state index in [1.54, 1.807) is 0 Å². The van der Waals surface area contributed by atoms with Gasteiger partial charge in [0.25, 0.3) is 5.91 Å². The fraction of sp³-hybridized carbons (Fsp3) is 0.625. The van der Waals surface area contributed by atoms with Crippen LogP contribution in [0.25, 0.3) is 0 Å². The van der Waals surface area contributed by atoms with E-state index < -0.39 is 24.8 Å². The average molecular weight is 227 g/mol. The Labute approximate surface area is 85.2 Å². The van der Waals surface area contributed by atoms with Crippen molar-refractivity contribution in [2.45, 2.75) is 12.3 Å². The monoisotopic (exact) mass is 227 g/mol. The third-order valence-corrected chi connectivity index (χ3v) is 1.55. The molecular weight excluding hydrogens is 215 g/mol. The van der Waals surface area contributed by atoms with Gasteiger partial charge in [-0.15, -0.1) is 6.58 Å². The van der Waals surface area contributed by atoms with Gasteiger partial charge in [-0.1, -0.05) is 6.08 Å². The molecule has 1 amide bonds. The lowest BCUT2D eigenvalue weighted by atomic mass is 10.3. The maximum absolute atomic E-state index is 12.1. The highest BCUT2D eigenvalue weighted by molar-refractivity contribution is 5.76. The SMILES string of the molecule is C=CC(OCC(=O)N(C)OC)C(F)(F)F. The molecule has 0 heterocycles. The Balaban J connectivity index is 4.13. The number of carbonyl (C=O) groups is 1. The van der Waals surface area contributed by atoms with Gasteiger partial charge in [0, 0.05) is 7.05 Å². The molecule has 0 radical (unpaired) electrons. The van der Waals surface area contributed by atoms with E-state index in [0.717, 1.165) is 5.06 Å². The first kappa shape index (κ1) is 13.9. The molecule has 1 unspecified atom stereocenters. The lowest BCUT2D eigenvalue weighted by molar-refractivity contribution is -0.211. The summed E-state index contributed by atoms with van der Waals surface area (Å²) in [6, 6.07) is 0. The second-order valence-electron chi connectivity index (χ2n) is 2.58. The van der Waals surface area contributed by atoms with Crippen molar-refractivity contribution in [1.29, 1.82) is 0 Å². The molecule has 4 nitrogen and oxygen atoms in total. The summed E-state index contributed by atoms with van der Waals surface area (Å²) in [5.41, 5.74) is 0. The number of likely N-dealkylation sites (N-methyl/N-ethyl adjacent to an activating group) is 1. The average Bonchev–Trinajstić information content (AvgIpc) is 2.15. The van der Waals surface area contributed by atoms with Crippen LogP contribution in [0.3, 0.4) is 0 Å². The van der Waals surface area contributed by atoms with Gasteiger partial charge in [-0.05, 0) is 0 Å². The Morgan fingerprint density at radius 2 is 2.13 bits per heavy atom. The van der Waals surface area contributed by atoms with Crippen molar-refractivity contribution in [2.75, 3.05) is 20.8 Å². The van der Waals surface area contributed by atoms with Gasteiger partial charge in [0.15, 0.2) is 6.10 Å². The molecule has 0 aromatic carbocycles. The van der Waals surface area contributed by atoms with Gasteiger partial charge in [-0.25, -0.2) is 5.06 Å². The highest BCUT2D eigenvalue weighted by atomic mass is 19.4. The molecule has 0 aromatic rings. The van der Waals surface area contributed by atoms with Crippen LogP contribution in [0, 0.1) is 0 Å². The minimum absolute atomic E-state index is 0.583. The summed E-state index contributed by atoms with van der Waals surface area (Å²) in [5, 5.41) is 0.774. The largest absolute Gasteiger partial charge is 0.418 e. The predicted molar refractivity (Wildman–Crippen MR) is 45.8 cm³/mol. The molecule has 0 rings (SSSR count). The smallest absolute Gasteiger partial charge is 0.355 e. The van der Waals surface area contributed by atoms with Crippen molar-refractivity contribution in [3.8, 4) is 0 Å². The molecule has 88 valence electrons. The number of hydrogen-bond donors (Lipinski definition) is 0. The van der Waals surface area contributed by atoms with Crippen LogP contribution in [0.2, 0.25) is 0 Å². The maximum Gasteiger partial charge on any atom is 0.418 e. The molecule has 0 spiro atoms. The lowest BCUT2D eigenvalue weighted by Gasteiger charge is -2.19. The summed E-state index contributed by atoms with van der Waals surface area (Å²) in [7, 11) is 2.48. The normalized spacial score (nSPS) is 13.4. The standard InChI is InChI=1S/C8H12F3NO3/c1-4-6(8(9,10)11)15-5-7(13)12(2)14-3/h4,6H,1,5H2,2-3H3. The van der Waals surface area contributed by atoms with Crippen LogP contribution in [0.5, 0.6) is 0 Å². The molecule has 0 aromatic heterocycles. The minimum Gasteiger partial charge on any atom is -0.355 e. The Kier molecular flexibility index (Phi) is 5.31. The molecular formula is C8H12F3NO3. The highest BCUT2D eigenvalue weighted by Crippen LogP contribution is 2.23. The highest BCUT2D eigenvalue weighted by Gasteiger charge is 2.38. The van der Waals surface area contributed by atoms with Crippen LogP contribution < -0.4 is 0 Å². The van der Waals surface area contributed by atoms with E-state index in [4.69, 9.17) is 0 Å². The third-order valence-electron chi connectivity index (χ3n) is 1.55. The van der Waals surface area contributed by atoms with Gasteiger partial charge in [-0.2, -0.15) is 13.2 Å². The summed E-state index contributed by atoms with van der Waals surface area (Å²) >= 11 is 0. The summed E-state index contributed by atoms with van der Waals surface area (Å²) < 4.78 is 40.6. The first-order chi connectivity index (χ1) is 6.82. The maximum atomic E-state index is 12.1. The number of ether oxygens (including phenoxy) is 1. The van der Waals surface area contributed by atoms with Crippen LogP contribution in [0.15, 0.2) is 12.7 Å². The van der Waals surface area contributed by atoms with Crippen molar-refractivity contribution in [1.82, 2.24) is 5.06 Å². The van der Waals surface area contributed by atoms with Gasteiger partial charge in [0.2, 0.25) is 0 Å². The lowest BCUT2D eigenvalue weighted by Crippen LogP contribution is -2.35. The quantitative estimate of drug-likeness (QED) is 0.522. The Hall–Kier alpha value is -1.08. The number of hydroxylamine groups is 2. The molecule has 15 heavy (non-hydrogen) atoms. The van der Waals surface area contributed by atoms with E-state index in [2.05, 4.69) is 16.2 Å². The molecule has 7 heteroatoms. The number of alkyl halides is 3. The third kappa shape index (κ3) is 4.80. The summed E-state index contributed by atoms with van der Waals surface area (Å²) in [6.45, 7) is 2.25. The zero-order chi connectivity index (χ0) is 12.1. The van der Waals surface area contributed by atoms with Crippen LogP contribution in [-0.2, 0) is 14.4 Å². The van der Waals surface area contributed by atoms with Gasteiger partial charge in [0.05, 0.1) is 7.11 Å². The van der Waals surface area contributed by atoms with E-state index in [0.29, 0.717) is 6.08 Å². The first-order valence-corrected chi connectivity index (χ1v) is 3.94.